The fourth-order valence-electron chi connectivity index (χ4n) is 1.74. The molecule has 0 aromatic heterocycles. The van der Waals surface area contributed by atoms with E-state index in [1.54, 1.807) is 6.07 Å². The molecule has 1 heterocycles. The third-order valence-corrected chi connectivity index (χ3v) is 3.30. The highest BCUT2D eigenvalue weighted by molar-refractivity contribution is 6.00. The molecule has 0 saturated carbocycles. The molecule has 0 radical (unpaired) electrons. The van der Waals surface area contributed by atoms with Crippen LogP contribution in [0.1, 0.15) is 37.6 Å². The van der Waals surface area contributed by atoms with E-state index in [0.717, 1.165) is 12.2 Å². The molecule has 0 N–H and O–H groups in total. The number of fused-ring (bicyclic) bond motifs is 1. The average molecular weight is 234 g/mol. The van der Waals surface area contributed by atoms with E-state index in [4.69, 9.17) is 9.47 Å². The molecule has 0 fully saturated rings. The molecule has 1 aliphatic rings. The van der Waals surface area contributed by atoms with E-state index in [1.807, 2.05) is 32.9 Å². The lowest BCUT2D eigenvalue weighted by molar-refractivity contribution is 0.0832. The molecule has 0 bridgehead atoms. The molecule has 3 heteroatoms. The summed E-state index contributed by atoms with van der Waals surface area (Å²) in [5.74, 6) is 1.55. The van der Waals surface area contributed by atoms with Crippen LogP contribution in [-0.2, 0) is 0 Å². The van der Waals surface area contributed by atoms with E-state index < -0.39 is 0 Å². The molecule has 0 saturated heterocycles. The molecule has 92 valence electrons. The Kier molecular flexibility index (Phi) is 3.09. The minimum absolute atomic E-state index is 0.150. The van der Waals surface area contributed by atoms with Gasteiger partial charge in [0.25, 0.3) is 0 Å². The lowest BCUT2D eigenvalue weighted by atomic mass is 9.82. The normalized spacial score (nSPS) is 14.5. The van der Waals surface area contributed by atoms with Crippen LogP contribution in [0.4, 0.5) is 0 Å². The maximum Gasteiger partial charge on any atom is 0.168 e. The van der Waals surface area contributed by atoms with Gasteiger partial charge in [-0.3, -0.25) is 4.79 Å². The van der Waals surface area contributed by atoms with Gasteiger partial charge in [0.15, 0.2) is 17.3 Å². The van der Waals surface area contributed by atoms with E-state index in [2.05, 4.69) is 0 Å². The summed E-state index contributed by atoms with van der Waals surface area (Å²) in [6.07, 6.45) is 0.820. The van der Waals surface area contributed by atoms with Crippen molar-refractivity contribution >= 4 is 5.78 Å². The Labute approximate surface area is 102 Å². The van der Waals surface area contributed by atoms with Crippen LogP contribution in [0.3, 0.4) is 0 Å². The molecule has 0 aliphatic carbocycles. The third kappa shape index (κ3) is 2.28. The van der Waals surface area contributed by atoms with Crippen molar-refractivity contribution in [1.82, 2.24) is 0 Å². The minimum atomic E-state index is -0.330. The summed E-state index contributed by atoms with van der Waals surface area (Å²) in [4.78, 5) is 12.3. The largest absolute Gasteiger partial charge is 0.486 e. The predicted molar refractivity (Wildman–Crippen MR) is 65.8 cm³/mol. The van der Waals surface area contributed by atoms with Crippen LogP contribution in [0, 0.1) is 5.41 Å². The summed E-state index contributed by atoms with van der Waals surface area (Å²) < 4.78 is 10.9. The Hall–Kier alpha value is -1.51. The highest BCUT2D eigenvalue weighted by atomic mass is 16.6. The van der Waals surface area contributed by atoms with Crippen molar-refractivity contribution < 1.29 is 14.3 Å². The summed E-state index contributed by atoms with van der Waals surface area (Å²) in [6.45, 7) is 7.07. The van der Waals surface area contributed by atoms with Gasteiger partial charge in [-0.1, -0.05) is 20.8 Å². The minimum Gasteiger partial charge on any atom is -0.486 e. The molecule has 0 unspecified atom stereocenters. The van der Waals surface area contributed by atoms with Gasteiger partial charge in [0.05, 0.1) is 0 Å². The lowest BCUT2D eigenvalue weighted by Gasteiger charge is -2.23. The lowest BCUT2D eigenvalue weighted by Crippen LogP contribution is -2.23. The first-order chi connectivity index (χ1) is 8.04. The Bertz CT molecular complexity index is 435. The van der Waals surface area contributed by atoms with Crippen molar-refractivity contribution in [3.63, 3.8) is 0 Å². The highest BCUT2D eigenvalue weighted by Crippen LogP contribution is 2.33. The zero-order chi connectivity index (χ0) is 12.5. The number of ketones is 1. The first-order valence-electron chi connectivity index (χ1n) is 5.99. The first kappa shape index (κ1) is 12.0. The van der Waals surface area contributed by atoms with E-state index in [-0.39, 0.29) is 11.2 Å². The molecule has 3 nitrogen and oxygen atoms in total. The number of ether oxygens (including phenoxy) is 2. The van der Waals surface area contributed by atoms with Crippen molar-refractivity contribution in [3.8, 4) is 11.5 Å². The molecule has 1 aliphatic heterocycles. The number of Topliss-reactive ketones (excluding diaryl/α,β-unsaturated/α-hetero) is 1. The first-order valence-corrected chi connectivity index (χ1v) is 5.99. The second-order valence-electron chi connectivity index (χ2n) is 4.92. The second-order valence-corrected chi connectivity index (χ2v) is 4.92. The zero-order valence-corrected chi connectivity index (χ0v) is 10.6. The number of carbonyl (C=O) groups excluding carboxylic acids is 1. The van der Waals surface area contributed by atoms with Crippen LogP contribution >= 0.6 is 0 Å². The topological polar surface area (TPSA) is 35.5 Å². The summed E-state index contributed by atoms with van der Waals surface area (Å²) >= 11 is 0. The number of hydrogen-bond acceptors (Lipinski definition) is 3. The Morgan fingerprint density at radius 1 is 1.24 bits per heavy atom. The summed E-state index contributed by atoms with van der Waals surface area (Å²) in [6, 6.07) is 5.41. The van der Waals surface area contributed by atoms with Crippen LogP contribution in [0.5, 0.6) is 11.5 Å². The van der Waals surface area contributed by atoms with Crippen molar-refractivity contribution in [2.75, 3.05) is 13.2 Å². The monoisotopic (exact) mass is 234 g/mol. The molecule has 1 aromatic rings. The molecule has 0 atom stereocenters. The number of benzene rings is 1. The van der Waals surface area contributed by atoms with Gasteiger partial charge >= 0.3 is 0 Å². The maximum atomic E-state index is 12.3. The Morgan fingerprint density at radius 3 is 2.53 bits per heavy atom. The summed E-state index contributed by atoms with van der Waals surface area (Å²) in [5.41, 5.74) is 0.366. The standard InChI is InChI=1S/C14H18O3/c1-4-14(2,3)13(15)10-5-6-11-12(9-10)17-8-7-16-11/h5-6,9H,4,7-8H2,1-3H3. The van der Waals surface area contributed by atoms with Crippen LogP contribution in [0.15, 0.2) is 18.2 Å². The fraction of sp³-hybridized carbons (Fsp3) is 0.500. The molecular weight excluding hydrogens is 216 g/mol. The van der Waals surface area contributed by atoms with Gasteiger partial charge < -0.3 is 9.47 Å². The maximum absolute atomic E-state index is 12.3. The van der Waals surface area contributed by atoms with Crippen LogP contribution in [0.2, 0.25) is 0 Å². The molecular formula is C14H18O3. The fourth-order valence-corrected chi connectivity index (χ4v) is 1.74. The molecule has 17 heavy (non-hydrogen) atoms. The van der Waals surface area contributed by atoms with E-state index in [1.165, 1.54) is 0 Å². The van der Waals surface area contributed by atoms with Gasteiger partial charge in [-0.2, -0.15) is 0 Å². The van der Waals surface area contributed by atoms with Crippen molar-refractivity contribution in [2.45, 2.75) is 27.2 Å². The smallest absolute Gasteiger partial charge is 0.168 e. The van der Waals surface area contributed by atoms with Crippen LogP contribution in [-0.4, -0.2) is 19.0 Å². The molecule has 1 aromatic carbocycles. The average Bonchev–Trinajstić information content (AvgIpc) is 2.37. The van der Waals surface area contributed by atoms with Crippen molar-refractivity contribution in [3.05, 3.63) is 23.8 Å². The SMILES string of the molecule is CCC(C)(C)C(=O)c1ccc2c(c1)OCCO2. The van der Waals surface area contributed by atoms with Gasteiger partial charge in [-0.05, 0) is 24.6 Å². The van der Waals surface area contributed by atoms with Crippen molar-refractivity contribution in [1.29, 1.82) is 0 Å². The molecule has 0 amide bonds. The number of hydrogen-bond donors (Lipinski definition) is 0. The number of rotatable bonds is 3. The zero-order valence-electron chi connectivity index (χ0n) is 10.6. The molecule has 0 spiro atoms. The van der Waals surface area contributed by atoms with Gasteiger partial charge in [0.1, 0.15) is 13.2 Å². The third-order valence-electron chi connectivity index (χ3n) is 3.30. The van der Waals surface area contributed by atoms with Gasteiger partial charge in [-0.25, -0.2) is 0 Å². The van der Waals surface area contributed by atoms with E-state index in [0.29, 0.717) is 24.5 Å². The quantitative estimate of drug-likeness (QED) is 0.754. The van der Waals surface area contributed by atoms with Gasteiger partial charge in [-0.15, -0.1) is 0 Å². The van der Waals surface area contributed by atoms with Gasteiger partial charge in [0, 0.05) is 11.0 Å². The Morgan fingerprint density at radius 2 is 1.88 bits per heavy atom. The van der Waals surface area contributed by atoms with E-state index >= 15 is 0 Å². The number of carbonyl (C=O) groups is 1. The van der Waals surface area contributed by atoms with E-state index in [9.17, 15) is 4.79 Å². The van der Waals surface area contributed by atoms with Crippen LogP contribution < -0.4 is 9.47 Å². The van der Waals surface area contributed by atoms with Crippen LogP contribution in [0.25, 0.3) is 0 Å². The molecule has 2 rings (SSSR count). The highest BCUT2D eigenvalue weighted by Gasteiger charge is 2.27. The Balaban J connectivity index is 2.31. The van der Waals surface area contributed by atoms with Gasteiger partial charge in [0.2, 0.25) is 0 Å². The summed E-state index contributed by atoms with van der Waals surface area (Å²) in [7, 11) is 0. The second kappa shape index (κ2) is 4.40. The van der Waals surface area contributed by atoms with Crippen molar-refractivity contribution in [2.24, 2.45) is 5.41 Å². The summed E-state index contributed by atoms with van der Waals surface area (Å²) in [5, 5.41) is 0. The predicted octanol–water partition coefficient (Wildman–Crippen LogP) is 3.08.